The van der Waals surface area contributed by atoms with E-state index in [4.69, 9.17) is 5.11 Å². The summed E-state index contributed by atoms with van der Waals surface area (Å²) in [6, 6.07) is 1.97. The van der Waals surface area contributed by atoms with E-state index in [-0.39, 0.29) is 28.4 Å². The van der Waals surface area contributed by atoms with Gasteiger partial charge in [0.15, 0.2) is 5.44 Å². The van der Waals surface area contributed by atoms with Crippen LogP contribution in [-0.4, -0.2) is 35.6 Å². The zero-order valence-corrected chi connectivity index (χ0v) is 11.7. The number of nitro benzene ring substituents is 1. The maximum atomic E-state index is 12.0. The number of aliphatic hydroxyl groups excluding tert-OH is 2. The average Bonchev–Trinajstić information content (AvgIpc) is 2.30. The van der Waals surface area contributed by atoms with E-state index in [1.165, 1.54) is 0 Å². The third-order valence-corrected chi connectivity index (χ3v) is 4.77. The van der Waals surface area contributed by atoms with Crippen LogP contribution in [0.15, 0.2) is 21.9 Å². The quantitative estimate of drug-likeness (QED) is 0.415. The number of rotatable bonds is 5. The lowest BCUT2D eigenvalue weighted by Gasteiger charge is -2.13. The van der Waals surface area contributed by atoms with Gasteiger partial charge in [-0.3, -0.25) is 10.1 Å². The predicted octanol–water partition coefficient (Wildman–Crippen LogP) is 0.530. The highest BCUT2D eigenvalue weighted by molar-refractivity contribution is 7.92. The van der Waals surface area contributed by atoms with Gasteiger partial charge in [-0.05, 0) is 18.9 Å². The molecular weight excluding hydrogens is 294 g/mol. The lowest BCUT2D eigenvalue weighted by molar-refractivity contribution is -0.385. The van der Waals surface area contributed by atoms with Gasteiger partial charge < -0.3 is 10.2 Å². The predicted molar refractivity (Wildman–Crippen MR) is 70.0 cm³/mol. The van der Waals surface area contributed by atoms with Crippen molar-refractivity contribution in [1.82, 2.24) is 0 Å². The molecule has 0 aromatic heterocycles. The van der Waals surface area contributed by atoms with Gasteiger partial charge in [-0.15, -0.1) is 12.6 Å². The van der Waals surface area contributed by atoms with E-state index in [9.17, 15) is 23.6 Å². The normalized spacial score (nSPS) is 13.3. The monoisotopic (exact) mass is 307 g/mol. The van der Waals surface area contributed by atoms with Crippen LogP contribution in [0.2, 0.25) is 0 Å². The van der Waals surface area contributed by atoms with Crippen LogP contribution in [-0.2, 0) is 16.3 Å². The van der Waals surface area contributed by atoms with Crippen molar-refractivity contribution in [3.63, 3.8) is 0 Å². The molecule has 0 heterocycles. The summed E-state index contributed by atoms with van der Waals surface area (Å²) in [4.78, 5) is 9.70. The second-order valence-corrected chi connectivity index (χ2v) is 6.51. The second-order valence-electron chi connectivity index (χ2n) is 3.82. The molecule has 0 fully saturated rings. The van der Waals surface area contributed by atoms with Crippen LogP contribution in [0.4, 0.5) is 5.69 Å². The van der Waals surface area contributed by atoms with E-state index in [0.29, 0.717) is 0 Å². The van der Waals surface area contributed by atoms with Gasteiger partial charge in [0.25, 0.3) is 5.69 Å². The summed E-state index contributed by atoms with van der Waals surface area (Å²) < 4.78 is 23.9. The Hall–Kier alpha value is -1.16. The molecule has 0 amide bonds. The summed E-state index contributed by atoms with van der Waals surface area (Å²) in [5.41, 5.74) is -2.00. The van der Waals surface area contributed by atoms with E-state index in [1.54, 1.807) is 0 Å². The molecule has 0 radical (unpaired) electrons. The SMILES string of the molecule is CC(O)S(=O)(=O)c1cc([N+](=O)[O-])cc(S)c1CCO. The topological polar surface area (TPSA) is 118 Å². The number of nitro groups is 1. The van der Waals surface area contributed by atoms with Crippen LogP contribution < -0.4 is 0 Å². The zero-order chi connectivity index (χ0) is 14.8. The molecule has 0 aliphatic carbocycles. The number of hydrogen-bond donors (Lipinski definition) is 3. The van der Waals surface area contributed by atoms with Gasteiger partial charge in [-0.1, -0.05) is 0 Å². The molecule has 0 bridgehead atoms. The van der Waals surface area contributed by atoms with Gasteiger partial charge in [-0.25, -0.2) is 8.42 Å². The molecule has 1 aromatic carbocycles. The van der Waals surface area contributed by atoms with E-state index in [1.807, 2.05) is 0 Å². The number of non-ortho nitro benzene ring substituents is 1. The minimum absolute atomic E-state index is 0.0297. The minimum atomic E-state index is -4.12. The Morgan fingerprint density at radius 3 is 2.47 bits per heavy atom. The first-order chi connectivity index (χ1) is 8.71. The molecule has 1 atom stereocenters. The largest absolute Gasteiger partial charge is 0.396 e. The summed E-state index contributed by atoms with van der Waals surface area (Å²) in [6.45, 7) is 0.711. The van der Waals surface area contributed by atoms with Gasteiger partial charge in [0, 0.05) is 23.6 Å². The molecule has 0 saturated heterocycles. The second kappa shape index (κ2) is 5.87. The lowest BCUT2D eigenvalue weighted by Crippen LogP contribution is -2.19. The summed E-state index contributed by atoms with van der Waals surface area (Å²) in [5.74, 6) is 0. The van der Waals surface area contributed by atoms with Crippen molar-refractivity contribution in [2.75, 3.05) is 6.61 Å². The first-order valence-electron chi connectivity index (χ1n) is 5.25. The standard InChI is InChI=1S/C10H13NO6S2/c1-6(13)19(16,17)10-5-7(11(14)15)4-9(18)8(10)2-3-12/h4-6,12-13,18H,2-3H2,1H3. The van der Waals surface area contributed by atoms with Crippen LogP contribution in [0, 0.1) is 10.1 Å². The maximum Gasteiger partial charge on any atom is 0.271 e. The Balaban J connectivity index is 3.62. The van der Waals surface area contributed by atoms with Crippen molar-refractivity contribution in [2.45, 2.75) is 28.6 Å². The highest BCUT2D eigenvalue weighted by Crippen LogP contribution is 2.30. The van der Waals surface area contributed by atoms with E-state index in [0.717, 1.165) is 19.1 Å². The Labute approximate surface area is 115 Å². The third-order valence-electron chi connectivity index (χ3n) is 2.50. The Kier molecular flexibility index (Phi) is 4.91. The van der Waals surface area contributed by atoms with Crippen molar-refractivity contribution in [2.24, 2.45) is 0 Å². The maximum absolute atomic E-state index is 12.0. The molecule has 0 spiro atoms. The number of sulfone groups is 1. The van der Waals surface area contributed by atoms with Gasteiger partial charge in [-0.2, -0.15) is 0 Å². The smallest absolute Gasteiger partial charge is 0.271 e. The molecule has 1 rings (SSSR count). The third kappa shape index (κ3) is 3.24. The van der Waals surface area contributed by atoms with Crippen molar-refractivity contribution in [3.05, 3.63) is 27.8 Å². The molecular formula is C10H13NO6S2. The molecule has 0 aliphatic rings. The Morgan fingerprint density at radius 2 is 2.05 bits per heavy atom. The minimum Gasteiger partial charge on any atom is -0.396 e. The molecule has 9 heteroatoms. The number of aliphatic hydroxyl groups is 2. The van der Waals surface area contributed by atoms with Crippen molar-refractivity contribution in [1.29, 1.82) is 0 Å². The van der Waals surface area contributed by atoms with Crippen LogP contribution in [0.5, 0.6) is 0 Å². The van der Waals surface area contributed by atoms with E-state index >= 15 is 0 Å². The number of nitrogens with zero attached hydrogens (tertiary/aromatic N) is 1. The lowest BCUT2D eigenvalue weighted by atomic mass is 10.1. The summed E-state index contributed by atoms with van der Waals surface area (Å²) in [7, 11) is -4.12. The molecule has 19 heavy (non-hydrogen) atoms. The Bertz CT molecular complexity index is 596. The fourth-order valence-corrected chi connectivity index (χ4v) is 3.17. The van der Waals surface area contributed by atoms with Crippen LogP contribution in [0.25, 0.3) is 0 Å². The van der Waals surface area contributed by atoms with Gasteiger partial charge in [0.1, 0.15) is 0 Å². The van der Waals surface area contributed by atoms with Crippen LogP contribution in [0.3, 0.4) is 0 Å². The molecule has 0 saturated carbocycles. The molecule has 7 nitrogen and oxygen atoms in total. The van der Waals surface area contributed by atoms with Crippen LogP contribution >= 0.6 is 12.6 Å². The first-order valence-corrected chi connectivity index (χ1v) is 7.24. The molecule has 2 N–H and O–H groups in total. The molecule has 1 unspecified atom stereocenters. The van der Waals surface area contributed by atoms with Gasteiger partial charge in [0.2, 0.25) is 9.84 Å². The fourth-order valence-electron chi connectivity index (χ4n) is 1.52. The van der Waals surface area contributed by atoms with Crippen LogP contribution in [0.1, 0.15) is 12.5 Å². The first kappa shape index (κ1) is 15.9. The number of benzene rings is 1. The molecule has 0 aliphatic heterocycles. The summed E-state index contributed by atoms with van der Waals surface area (Å²) in [5, 5.41) is 29.0. The van der Waals surface area contributed by atoms with E-state index in [2.05, 4.69) is 12.6 Å². The average molecular weight is 307 g/mol. The number of thiol groups is 1. The fraction of sp³-hybridized carbons (Fsp3) is 0.400. The number of hydrogen-bond acceptors (Lipinski definition) is 7. The van der Waals surface area contributed by atoms with Crippen molar-refractivity contribution >= 4 is 28.2 Å². The summed E-state index contributed by atoms with van der Waals surface area (Å²) >= 11 is 4.00. The highest BCUT2D eigenvalue weighted by Gasteiger charge is 2.28. The highest BCUT2D eigenvalue weighted by atomic mass is 32.2. The Morgan fingerprint density at radius 1 is 1.47 bits per heavy atom. The van der Waals surface area contributed by atoms with Gasteiger partial charge in [0.05, 0.1) is 9.82 Å². The van der Waals surface area contributed by atoms with Gasteiger partial charge >= 0.3 is 0 Å². The van der Waals surface area contributed by atoms with Crippen molar-refractivity contribution < 1.29 is 23.6 Å². The molecule has 106 valence electrons. The van der Waals surface area contributed by atoms with Crippen molar-refractivity contribution in [3.8, 4) is 0 Å². The summed E-state index contributed by atoms with van der Waals surface area (Å²) in [6.07, 6.45) is -0.0297. The molecule has 1 aromatic rings. The zero-order valence-electron chi connectivity index (χ0n) is 9.98. The van der Waals surface area contributed by atoms with E-state index < -0.39 is 25.9 Å².